The zero-order valence-electron chi connectivity index (χ0n) is 10.0. The molecule has 0 bridgehead atoms. The lowest BCUT2D eigenvalue weighted by atomic mass is 10.1. The number of hydrogen-bond acceptors (Lipinski definition) is 2. The number of benzene rings is 2. The molecule has 1 atom stereocenters. The van der Waals surface area contributed by atoms with Crippen LogP contribution in [0.15, 0.2) is 48.5 Å². The second kappa shape index (κ2) is 5.57. The minimum Gasteiger partial charge on any atom is -0.379 e. The molecule has 1 N–H and O–H groups in total. The van der Waals surface area contributed by atoms with Gasteiger partial charge in [0.05, 0.1) is 11.6 Å². The van der Waals surface area contributed by atoms with Gasteiger partial charge in [0.1, 0.15) is 0 Å². The van der Waals surface area contributed by atoms with E-state index in [1.165, 1.54) is 0 Å². The van der Waals surface area contributed by atoms with Gasteiger partial charge in [0.25, 0.3) is 0 Å². The molecule has 90 valence electrons. The van der Waals surface area contributed by atoms with Gasteiger partial charge in [0, 0.05) is 16.8 Å². The van der Waals surface area contributed by atoms with Crippen LogP contribution in [0.1, 0.15) is 24.1 Å². The van der Waals surface area contributed by atoms with Gasteiger partial charge < -0.3 is 5.32 Å². The van der Waals surface area contributed by atoms with Gasteiger partial charge in [-0.1, -0.05) is 23.7 Å². The number of anilines is 1. The third-order valence-electron chi connectivity index (χ3n) is 2.75. The molecule has 3 heteroatoms. The second-order valence-corrected chi connectivity index (χ2v) is 4.55. The second-order valence-electron chi connectivity index (χ2n) is 4.11. The first-order chi connectivity index (χ1) is 8.69. The molecule has 2 rings (SSSR count). The Balaban J connectivity index is 2.11. The zero-order valence-corrected chi connectivity index (χ0v) is 10.8. The molecular weight excluding hydrogens is 244 g/mol. The van der Waals surface area contributed by atoms with E-state index in [-0.39, 0.29) is 6.04 Å². The van der Waals surface area contributed by atoms with Crippen molar-refractivity contribution in [2.45, 2.75) is 13.0 Å². The van der Waals surface area contributed by atoms with Crippen LogP contribution in [0.5, 0.6) is 0 Å². The topological polar surface area (TPSA) is 35.8 Å². The Hall–Kier alpha value is -1.98. The fraction of sp³-hybridized carbons (Fsp3) is 0.133. The molecule has 1 unspecified atom stereocenters. The third kappa shape index (κ3) is 3.03. The van der Waals surface area contributed by atoms with Gasteiger partial charge in [-0.25, -0.2) is 0 Å². The highest BCUT2D eigenvalue weighted by atomic mass is 35.5. The highest BCUT2D eigenvalue weighted by molar-refractivity contribution is 6.30. The molecule has 2 nitrogen and oxygen atoms in total. The maximum absolute atomic E-state index is 8.73. The summed E-state index contributed by atoms with van der Waals surface area (Å²) in [4.78, 5) is 0. The summed E-state index contributed by atoms with van der Waals surface area (Å²) < 4.78 is 0. The summed E-state index contributed by atoms with van der Waals surface area (Å²) in [5, 5.41) is 12.8. The third-order valence-corrected chi connectivity index (χ3v) is 2.98. The van der Waals surface area contributed by atoms with Gasteiger partial charge in [-0.3, -0.25) is 0 Å². The van der Waals surface area contributed by atoms with Crippen LogP contribution >= 0.6 is 11.6 Å². The van der Waals surface area contributed by atoms with Gasteiger partial charge in [0.2, 0.25) is 0 Å². The zero-order chi connectivity index (χ0) is 13.0. The van der Waals surface area contributed by atoms with Crippen molar-refractivity contribution >= 4 is 17.3 Å². The van der Waals surface area contributed by atoms with Crippen LogP contribution in [0.3, 0.4) is 0 Å². The van der Waals surface area contributed by atoms with E-state index >= 15 is 0 Å². The fourth-order valence-electron chi connectivity index (χ4n) is 1.75. The molecule has 0 aromatic heterocycles. The summed E-state index contributed by atoms with van der Waals surface area (Å²) in [6.07, 6.45) is 0. The average Bonchev–Trinajstić information content (AvgIpc) is 2.39. The summed E-state index contributed by atoms with van der Waals surface area (Å²) in [7, 11) is 0. The highest BCUT2D eigenvalue weighted by Gasteiger charge is 2.05. The van der Waals surface area contributed by atoms with Gasteiger partial charge in [0.15, 0.2) is 0 Å². The van der Waals surface area contributed by atoms with E-state index in [0.29, 0.717) is 5.56 Å². The van der Waals surface area contributed by atoms with E-state index in [9.17, 15) is 0 Å². The summed E-state index contributed by atoms with van der Waals surface area (Å²) in [6.45, 7) is 2.07. The molecular formula is C15H13ClN2. The lowest BCUT2D eigenvalue weighted by molar-refractivity contribution is 0.885. The number of rotatable bonds is 3. The monoisotopic (exact) mass is 256 g/mol. The Morgan fingerprint density at radius 2 is 1.89 bits per heavy atom. The Labute approximate surface area is 112 Å². The van der Waals surface area contributed by atoms with Crippen molar-refractivity contribution in [2.75, 3.05) is 5.32 Å². The highest BCUT2D eigenvalue weighted by Crippen LogP contribution is 2.21. The standard InChI is InChI=1S/C15H13ClN2/c1-11(13-3-2-4-14(16)9-13)18-15-7-5-12(10-17)6-8-15/h2-9,11,18H,1H3. The van der Waals surface area contributed by atoms with Crippen LogP contribution in [0.25, 0.3) is 0 Å². The van der Waals surface area contributed by atoms with E-state index in [1.807, 2.05) is 36.4 Å². The predicted molar refractivity (Wildman–Crippen MR) is 74.6 cm³/mol. The first-order valence-electron chi connectivity index (χ1n) is 5.71. The van der Waals surface area contributed by atoms with E-state index in [0.717, 1.165) is 16.3 Å². The Morgan fingerprint density at radius 1 is 1.17 bits per heavy atom. The largest absolute Gasteiger partial charge is 0.379 e. The summed E-state index contributed by atoms with van der Waals surface area (Å²) >= 11 is 5.97. The van der Waals surface area contributed by atoms with Crippen molar-refractivity contribution in [3.8, 4) is 6.07 Å². The quantitative estimate of drug-likeness (QED) is 0.884. The van der Waals surface area contributed by atoms with Crippen LogP contribution in [-0.2, 0) is 0 Å². The van der Waals surface area contributed by atoms with Gasteiger partial charge in [-0.2, -0.15) is 5.26 Å². The van der Waals surface area contributed by atoms with E-state index in [2.05, 4.69) is 18.3 Å². The molecule has 0 radical (unpaired) electrons. The first-order valence-corrected chi connectivity index (χ1v) is 6.09. The Morgan fingerprint density at radius 3 is 2.50 bits per heavy atom. The molecule has 2 aromatic carbocycles. The summed E-state index contributed by atoms with van der Waals surface area (Å²) in [5.41, 5.74) is 2.78. The Bertz CT molecular complexity index is 570. The van der Waals surface area contributed by atoms with Crippen LogP contribution in [-0.4, -0.2) is 0 Å². The minimum atomic E-state index is 0.164. The van der Waals surface area contributed by atoms with E-state index in [1.54, 1.807) is 12.1 Å². The van der Waals surface area contributed by atoms with Crippen molar-refractivity contribution in [3.63, 3.8) is 0 Å². The molecule has 2 aromatic rings. The van der Waals surface area contributed by atoms with Crippen molar-refractivity contribution in [3.05, 3.63) is 64.7 Å². The molecule has 0 saturated heterocycles. The molecule has 0 aliphatic carbocycles. The molecule has 0 spiro atoms. The first kappa shape index (κ1) is 12.5. The number of nitriles is 1. The molecule has 0 heterocycles. The van der Waals surface area contributed by atoms with Crippen LogP contribution in [0.4, 0.5) is 5.69 Å². The van der Waals surface area contributed by atoms with Gasteiger partial charge >= 0.3 is 0 Å². The number of halogens is 1. The van der Waals surface area contributed by atoms with Crippen molar-refractivity contribution in [1.29, 1.82) is 5.26 Å². The van der Waals surface area contributed by atoms with Crippen molar-refractivity contribution in [2.24, 2.45) is 0 Å². The number of hydrogen-bond donors (Lipinski definition) is 1. The molecule has 0 fully saturated rings. The van der Waals surface area contributed by atoms with Crippen LogP contribution < -0.4 is 5.32 Å². The summed E-state index contributed by atoms with van der Waals surface area (Å²) in [5.74, 6) is 0. The van der Waals surface area contributed by atoms with Crippen molar-refractivity contribution in [1.82, 2.24) is 0 Å². The van der Waals surface area contributed by atoms with E-state index < -0.39 is 0 Å². The maximum atomic E-state index is 8.73. The number of nitrogens with one attached hydrogen (secondary N) is 1. The smallest absolute Gasteiger partial charge is 0.0991 e. The predicted octanol–water partition coefficient (Wildman–Crippen LogP) is 4.38. The minimum absolute atomic E-state index is 0.164. The average molecular weight is 257 g/mol. The molecule has 0 saturated carbocycles. The fourth-order valence-corrected chi connectivity index (χ4v) is 1.95. The SMILES string of the molecule is CC(Nc1ccc(C#N)cc1)c1cccc(Cl)c1. The van der Waals surface area contributed by atoms with Crippen LogP contribution in [0, 0.1) is 11.3 Å². The molecule has 0 amide bonds. The normalized spacial score (nSPS) is 11.6. The molecule has 18 heavy (non-hydrogen) atoms. The lowest BCUT2D eigenvalue weighted by Gasteiger charge is -2.16. The molecule has 0 aliphatic heterocycles. The summed E-state index contributed by atoms with van der Waals surface area (Å²) in [6, 6.07) is 17.4. The molecule has 0 aliphatic rings. The number of nitrogens with zero attached hydrogens (tertiary/aromatic N) is 1. The maximum Gasteiger partial charge on any atom is 0.0991 e. The lowest BCUT2D eigenvalue weighted by Crippen LogP contribution is -2.06. The van der Waals surface area contributed by atoms with Crippen molar-refractivity contribution < 1.29 is 0 Å². The van der Waals surface area contributed by atoms with Gasteiger partial charge in [-0.05, 0) is 48.9 Å². The van der Waals surface area contributed by atoms with Gasteiger partial charge in [-0.15, -0.1) is 0 Å². The van der Waals surface area contributed by atoms with E-state index in [4.69, 9.17) is 16.9 Å². The Kier molecular flexibility index (Phi) is 3.86. The van der Waals surface area contributed by atoms with Crippen LogP contribution in [0.2, 0.25) is 5.02 Å².